The van der Waals surface area contributed by atoms with Crippen molar-refractivity contribution in [3.63, 3.8) is 0 Å². The summed E-state index contributed by atoms with van der Waals surface area (Å²) in [6.07, 6.45) is 1.16. The molecule has 250 valence electrons. The molecule has 1 fully saturated rings. The molecule has 2 aliphatic rings. The highest BCUT2D eigenvalue weighted by molar-refractivity contribution is 6.42. The lowest BCUT2D eigenvalue weighted by Gasteiger charge is -2.46. The highest BCUT2D eigenvalue weighted by Crippen LogP contribution is 2.45. The average molecular weight is 685 g/mol. The Morgan fingerprint density at radius 1 is 1.06 bits per heavy atom. The summed E-state index contributed by atoms with van der Waals surface area (Å²) in [6.45, 7) is 4.03. The van der Waals surface area contributed by atoms with Crippen molar-refractivity contribution in [1.82, 2.24) is 15.5 Å². The number of nitrogens with one attached hydrogen (secondary N) is 2. The number of rotatable bonds is 11. The largest absolute Gasteiger partial charge is 0.437 e. The highest BCUT2D eigenvalue weighted by Gasteiger charge is 2.47. The van der Waals surface area contributed by atoms with Crippen LogP contribution in [0.3, 0.4) is 0 Å². The molecule has 0 aromatic heterocycles. The Balaban J connectivity index is 1.35. The van der Waals surface area contributed by atoms with Gasteiger partial charge >= 0.3 is 6.09 Å². The SMILES string of the molecule is CN1C(=O)OC2(CCN(CC[C@@](C)(C(=O)N[C@@H](Cc3ccccc3)C(=O)NCCN)c3ccc(Cl)c(Cl)c3)CC2)c2cc(F)ccc21. The summed E-state index contributed by atoms with van der Waals surface area (Å²) in [5, 5.41) is 6.52. The number of anilines is 1. The van der Waals surface area contributed by atoms with Crippen LogP contribution >= 0.6 is 23.2 Å². The molecule has 2 atom stereocenters. The number of fused-ring (bicyclic) bond motifs is 2. The Morgan fingerprint density at radius 3 is 2.47 bits per heavy atom. The minimum absolute atomic E-state index is 0.270. The molecule has 0 unspecified atom stereocenters. The van der Waals surface area contributed by atoms with Gasteiger partial charge in [0, 0.05) is 58.1 Å². The van der Waals surface area contributed by atoms with E-state index in [9.17, 15) is 18.8 Å². The number of ether oxygens (including phenoxy) is 1. The molecule has 2 aliphatic heterocycles. The standard InChI is InChI=1S/C35H40Cl2FN5O4/c1-34(24-8-10-27(36)28(37)21-24,32(45)41-29(31(44)40-16-15-39)20-23-6-4-3-5-7-23)12-17-43-18-13-35(14-19-43)26-22-25(38)9-11-30(26)42(2)33(46)47-35/h3-11,21-22,29H,12-20,39H2,1-2H3,(H,40,44)(H,41,45)/t29-,34+/m0/s1. The molecule has 9 nitrogen and oxygen atoms in total. The van der Waals surface area contributed by atoms with Gasteiger partial charge in [-0.05, 0) is 61.3 Å². The molecule has 0 radical (unpaired) electrons. The minimum atomic E-state index is -1.10. The summed E-state index contributed by atoms with van der Waals surface area (Å²) in [5.74, 6) is -1.04. The van der Waals surface area contributed by atoms with Gasteiger partial charge in [0.1, 0.15) is 17.5 Å². The van der Waals surface area contributed by atoms with Gasteiger partial charge in [0.15, 0.2) is 0 Å². The number of carbonyl (C=O) groups excluding carboxylic acids is 3. The lowest BCUT2D eigenvalue weighted by molar-refractivity contribution is -0.132. The van der Waals surface area contributed by atoms with E-state index in [0.29, 0.717) is 72.2 Å². The first kappa shape index (κ1) is 34.6. The average Bonchev–Trinajstić information content (AvgIpc) is 3.07. The van der Waals surface area contributed by atoms with Crippen LogP contribution in [-0.2, 0) is 31.8 Å². The molecular weight excluding hydrogens is 644 g/mol. The van der Waals surface area contributed by atoms with Crippen LogP contribution in [0.1, 0.15) is 42.9 Å². The number of amides is 3. The zero-order valence-electron chi connectivity index (χ0n) is 26.5. The predicted octanol–water partition coefficient (Wildman–Crippen LogP) is 5.16. The van der Waals surface area contributed by atoms with Crippen LogP contribution in [-0.4, -0.2) is 68.6 Å². The van der Waals surface area contributed by atoms with Crippen LogP contribution in [0.15, 0.2) is 66.7 Å². The molecule has 1 saturated heterocycles. The molecule has 0 bridgehead atoms. The summed E-state index contributed by atoms with van der Waals surface area (Å²) in [7, 11) is 1.61. The zero-order valence-corrected chi connectivity index (χ0v) is 28.0. The van der Waals surface area contributed by atoms with E-state index < -0.39 is 23.2 Å². The van der Waals surface area contributed by atoms with Crippen molar-refractivity contribution in [2.75, 3.05) is 44.7 Å². The fourth-order valence-corrected chi connectivity index (χ4v) is 6.67. The van der Waals surface area contributed by atoms with E-state index in [4.69, 9.17) is 33.7 Å². The fourth-order valence-electron chi connectivity index (χ4n) is 6.37. The monoisotopic (exact) mass is 683 g/mol. The Morgan fingerprint density at radius 2 is 1.79 bits per heavy atom. The quantitative estimate of drug-likeness (QED) is 0.257. The van der Waals surface area contributed by atoms with Crippen LogP contribution in [0, 0.1) is 5.82 Å². The maximum atomic E-state index is 14.3. The van der Waals surface area contributed by atoms with Crippen LogP contribution in [0.4, 0.5) is 14.9 Å². The Labute approximate surface area is 284 Å². The fraction of sp³-hybridized carbons (Fsp3) is 0.400. The van der Waals surface area contributed by atoms with Gasteiger partial charge in [0.2, 0.25) is 11.8 Å². The number of benzene rings is 3. The molecule has 0 saturated carbocycles. The highest BCUT2D eigenvalue weighted by atomic mass is 35.5. The number of likely N-dealkylation sites (tertiary alicyclic amines) is 1. The summed E-state index contributed by atoms with van der Waals surface area (Å²) in [4.78, 5) is 43.8. The topological polar surface area (TPSA) is 117 Å². The molecule has 47 heavy (non-hydrogen) atoms. The second-order valence-electron chi connectivity index (χ2n) is 12.4. The Hall–Kier alpha value is -3.70. The van der Waals surface area contributed by atoms with E-state index in [2.05, 4.69) is 15.5 Å². The molecule has 4 N–H and O–H groups in total. The molecule has 1 spiro atoms. The summed E-state index contributed by atoms with van der Waals surface area (Å²) < 4.78 is 20.3. The van der Waals surface area contributed by atoms with Gasteiger partial charge in [0.25, 0.3) is 0 Å². The van der Waals surface area contributed by atoms with Crippen molar-refractivity contribution in [3.05, 3.63) is 99.3 Å². The second kappa shape index (κ2) is 14.6. The number of carbonyl (C=O) groups is 3. The van der Waals surface area contributed by atoms with Crippen molar-refractivity contribution in [1.29, 1.82) is 0 Å². The van der Waals surface area contributed by atoms with Gasteiger partial charge in [-0.1, -0.05) is 59.6 Å². The first-order chi connectivity index (χ1) is 22.5. The summed E-state index contributed by atoms with van der Waals surface area (Å²) >= 11 is 12.7. The number of nitrogens with zero attached hydrogens (tertiary/aromatic N) is 2. The molecule has 0 aliphatic carbocycles. The van der Waals surface area contributed by atoms with Crippen LogP contribution in [0.25, 0.3) is 0 Å². The van der Waals surface area contributed by atoms with E-state index >= 15 is 0 Å². The first-order valence-electron chi connectivity index (χ1n) is 15.7. The van der Waals surface area contributed by atoms with Crippen molar-refractivity contribution in [2.45, 2.75) is 49.7 Å². The molecule has 3 amide bonds. The van der Waals surface area contributed by atoms with Gasteiger partial charge in [0.05, 0.1) is 21.1 Å². The Kier molecular flexibility index (Phi) is 10.8. The van der Waals surface area contributed by atoms with Gasteiger partial charge in [-0.3, -0.25) is 14.5 Å². The first-order valence-corrected chi connectivity index (χ1v) is 16.5. The number of hydrogen-bond donors (Lipinski definition) is 3. The van der Waals surface area contributed by atoms with Crippen LogP contribution < -0.4 is 21.3 Å². The van der Waals surface area contributed by atoms with Crippen molar-refractivity contribution in [3.8, 4) is 0 Å². The number of piperidine rings is 1. The zero-order chi connectivity index (χ0) is 33.8. The lowest BCUT2D eigenvalue weighted by Crippen LogP contribution is -2.55. The van der Waals surface area contributed by atoms with E-state index in [0.717, 1.165) is 5.56 Å². The molecule has 3 aromatic rings. The molecular formula is C35H40Cl2FN5O4. The smallest absolute Gasteiger partial charge is 0.414 e. The van der Waals surface area contributed by atoms with E-state index in [1.807, 2.05) is 37.3 Å². The van der Waals surface area contributed by atoms with Gasteiger partial charge in [-0.25, -0.2) is 9.18 Å². The maximum Gasteiger partial charge on any atom is 0.414 e. The summed E-state index contributed by atoms with van der Waals surface area (Å²) in [6, 6.07) is 18.2. The normalized spacial score (nSPS) is 17.7. The van der Waals surface area contributed by atoms with Crippen molar-refractivity contribution >= 4 is 46.8 Å². The number of nitrogens with two attached hydrogens (primary N) is 1. The second-order valence-corrected chi connectivity index (χ2v) is 13.2. The molecule has 5 rings (SSSR count). The van der Waals surface area contributed by atoms with Gasteiger partial charge in [-0.15, -0.1) is 0 Å². The third kappa shape index (κ3) is 7.56. The number of hydrogen-bond acceptors (Lipinski definition) is 6. The summed E-state index contributed by atoms with van der Waals surface area (Å²) in [5.41, 5.74) is 6.47. The van der Waals surface area contributed by atoms with E-state index in [1.54, 1.807) is 31.3 Å². The third-order valence-corrected chi connectivity index (χ3v) is 10.1. The lowest BCUT2D eigenvalue weighted by atomic mass is 9.77. The van der Waals surface area contributed by atoms with Crippen molar-refractivity contribution in [2.24, 2.45) is 5.73 Å². The van der Waals surface area contributed by atoms with Gasteiger partial charge < -0.3 is 26.0 Å². The molecule has 2 heterocycles. The van der Waals surface area contributed by atoms with Crippen LogP contribution in [0.5, 0.6) is 0 Å². The minimum Gasteiger partial charge on any atom is -0.437 e. The number of halogens is 3. The molecule has 12 heteroatoms. The van der Waals surface area contributed by atoms with E-state index in [1.165, 1.54) is 17.0 Å². The molecule has 3 aromatic carbocycles. The van der Waals surface area contributed by atoms with E-state index in [-0.39, 0.29) is 30.7 Å². The predicted molar refractivity (Wildman–Crippen MR) is 181 cm³/mol. The van der Waals surface area contributed by atoms with Gasteiger partial charge in [-0.2, -0.15) is 0 Å². The van der Waals surface area contributed by atoms with Crippen LogP contribution in [0.2, 0.25) is 10.0 Å². The third-order valence-electron chi connectivity index (χ3n) is 9.37. The Bertz CT molecular complexity index is 1620. The maximum absolute atomic E-state index is 14.3. The van der Waals surface area contributed by atoms with Crippen molar-refractivity contribution < 1.29 is 23.5 Å².